The summed E-state index contributed by atoms with van der Waals surface area (Å²) in [6.45, 7) is 1.07. The Labute approximate surface area is 237 Å². The number of nitrogens with two attached hydrogens (primary N) is 1. The van der Waals surface area contributed by atoms with Gasteiger partial charge in [-0.3, -0.25) is 9.59 Å². The van der Waals surface area contributed by atoms with Crippen LogP contribution in [0.1, 0.15) is 53.6 Å². The quantitative estimate of drug-likeness (QED) is 0.328. The Hall–Kier alpha value is -3.92. The third kappa shape index (κ3) is 6.07. The standard InChI is InChI=1S/C31H34F3N5O2/c32-31(33,34)20-37-29(41)30(25-11-3-1-8-22(25)23-9-2-4-12-26(23)30)15-5-6-17-39-18-13-21(14-19-39)38-28(40)24-10-7-16-36-27(24)35/h1-4,7-12,16,21H,5-6,13-15,17-20H2,(H2,35,36)(H,37,41)(H,38,40). The van der Waals surface area contributed by atoms with E-state index < -0.39 is 24.0 Å². The number of pyridine rings is 1. The lowest BCUT2D eigenvalue weighted by Gasteiger charge is -2.33. The van der Waals surface area contributed by atoms with Crippen molar-refractivity contribution >= 4 is 17.6 Å². The number of nitrogens with one attached hydrogen (secondary N) is 2. The number of carbonyl (C=O) groups excluding carboxylic acids is 2. The number of rotatable bonds is 9. The summed E-state index contributed by atoms with van der Waals surface area (Å²) in [6, 6.07) is 18.4. The Morgan fingerprint density at radius 2 is 1.59 bits per heavy atom. The van der Waals surface area contributed by atoms with E-state index in [1.807, 2.05) is 48.5 Å². The Morgan fingerprint density at radius 3 is 2.20 bits per heavy atom. The van der Waals surface area contributed by atoms with Crippen molar-refractivity contribution in [3.8, 4) is 11.1 Å². The molecule has 0 atom stereocenters. The maximum absolute atomic E-state index is 13.6. The number of anilines is 1. The number of carbonyl (C=O) groups is 2. The van der Waals surface area contributed by atoms with Gasteiger partial charge in [-0.05, 0) is 66.6 Å². The molecule has 2 heterocycles. The SMILES string of the molecule is Nc1ncccc1C(=O)NC1CCN(CCCCC2(C(=O)NCC(F)(F)F)c3ccccc3-c3ccccc32)CC1. The van der Waals surface area contributed by atoms with Crippen molar-refractivity contribution in [2.75, 3.05) is 31.9 Å². The van der Waals surface area contributed by atoms with Gasteiger partial charge in [0.25, 0.3) is 5.91 Å². The topological polar surface area (TPSA) is 100 Å². The van der Waals surface area contributed by atoms with Crippen LogP contribution in [-0.2, 0) is 10.2 Å². The number of amides is 2. The molecule has 2 amide bonds. The van der Waals surface area contributed by atoms with E-state index in [2.05, 4.69) is 20.5 Å². The molecule has 216 valence electrons. The Morgan fingerprint density at radius 1 is 0.951 bits per heavy atom. The van der Waals surface area contributed by atoms with Gasteiger partial charge in [-0.15, -0.1) is 0 Å². The first kappa shape index (κ1) is 28.6. The maximum atomic E-state index is 13.6. The summed E-state index contributed by atoms with van der Waals surface area (Å²) in [5.74, 6) is -0.627. The molecule has 10 heteroatoms. The van der Waals surface area contributed by atoms with Gasteiger partial charge in [-0.25, -0.2) is 4.98 Å². The van der Waals surface area contributed by atoms with Crippen LogP contribution in [0.4, 0.5) is 19.0 Å². The molecular weight excluding hydrogens is 531 g/mol. The fraction of sp³-hybridized carbons (Fsp3) is 0.387. The molecule has 1 saturated heterocycles. The maximum Gasteiger partial charge on any atom is 0.405 e. The second kappa shape index (κ2) is 11.9. The molecular formula is C31H34F3N5O2. The molecule has 7 nitrogen and oxygen atoms in total. The largest absolute Gasteiger partial charge is 0.405 e. The second-order valence-corrected chi connectivity index (χ2v) is 10.8. The number of aromatic nitrogens is 1. The molecule has 0 unspecified atom stereocenters. The van der Waals surface area contributed by atoms with E-state index in [1.165, 1.54) is 0 Å². The van der Waals surface area contributed by atoms with E-state index in [-0.39, 0.29) is 17.8 Å². The average molecular weight is 566 g/mol. The number of nitrogen functional groups attached to an aromatic ring is 1. The molecule has 1 aromatic heterocycles. The number of benzene rings is 2. The number of hydrogen-bond acceptors (Lipinski definition) is 5. The fourth-order valence-electron chi connectivity index (χ4n) is 6.18. The molecule has 0 bridgehead atoms. The number of hydrogen-bond donors (Lipinski definition) is 3. The minimum Gasteiger partial charge on any atom is -0.383 e. The minimum absolute atomic E-state index is 0.0467. The first-order valence-electron chi connectivity index (χ1n) is 14.0. The van der Waals surface area contributed by atoms with Gasteiger partial charge in [0.1, 0.15) is 17.8 Å². The van der Waals surface area contributed by atoms with Crippen LogP contribution in [0.15, 0.2) is 66.9 Å². The van der Waals surface area contributed by atoms with Crippen LogP contribution in [0.3, 0.4) is 0 Å². The monoisotopic (exact) mass is 565 g/mol. The number of fused-ring (bicyclic) bond motifs is 3. The lowest BCUT2D eigenvalue weighted by atomic mass is 9.73. The molecule has 3 aromatic rings. The van der Waals surface area contributed by atoms with E-state index in [4.69, 9.17) is 5.73 Å². The van der Waals surface area contributed by atoms with Crippen LogP contribution in [0, 0.1) is 0 Å². The van der Waals surface area contributed by atoms with Gasteiger partial charge in [0.15, 0.2) is 0 Å². The van der Waals surface area contributed by atoms with Crippen LogP contribution in [0.5, 0.6) is 0 Å². The molecule has 0 spiro atoms. The van der Waals surface area contributed by atoms with Gasteiger partial charge in [0.2, 0.25) is 5.91 Å². The predicted molar refractivity (Wildman–Crippen MR) is 151 cm³/mol. The fourth-order valence-corrected chi connectivity index (χ4v) is 6.18. The van der Waals surface area contributed by atoms with E-state index in [1.54, 1.807) is 18.3 Å². The van der Waals surface area contributed by atoms with Crippen LogP contribution >= 0.6 is 0 Å². The molecule has 41 heavy (non-hydrogen) atoms. The van der Waals surface area contributed by atoms with E-state index in [0.29, 0.717) is 18.4 Å². The lowest BCUT2D eigenvalue weighted by Crippen LogP contribution is -2.47. The van der Waals surface area contributed by atoms with Crippen molar-refractivity contribution in [1.29, 1.82) is 0 Å². The number of unbranched alkanes of at least 4 members (excludes halogenated alkanes) is 1. The molecule has 2 aromatic carbocycles. The molecule has 4 N–H and O–H groups in total. The molecule has 5 rings (SSSR count). The average Bonchev–Trinajstić information content (AvgIpc) is 3.25. The first-order valence-corrected chi connectivity index (χ1v) is 14.0. The van der Waals surface area contributed by atoms with Crippen molar-refractivity contribution in [2.24, 2.45) is 0 Å². The van der Waals surface area contributed by atoms with Gasteiger partial charge in [-0.2, -0.15) is 13.2 Å². The van der Waals surface area contributed by atoms with Crippen LogP contribution in [0.25, 0.3) is 11.1 Å². The minimum atomic E-state index is -4.50. The van der Waals surface area contributed by atoms with Gasteiger partial charge in [-0.1, -0.05) is 55.0 Å². The highest BCUT2D eigenvalue weighted by molar-refractivity contribution is 6.00. The summed E-state index contributed by atoms with van der Waals surface area (Å²) >= 11 is 0. The predicted octanol–water partition coefficient (Wildman–Crippen LogP) is 4.67. The van der Waals surface area contributed by atoms with Crippen molar-refractivity contribution in [1.82, 2.24) is 20.5 Å². The Balaban J connectivity index is 1.21. The first-order chi connectivity index (χ1) is 19.7. The van der Waals surface area contributed by atoms with Crippen molar-refractivity contribution in [3.63, 3.8) is 0 Å². The molecule has 1 fully saturated rings. The van der Waals surface area contributed by atoms with Crippen LogP contribution < -0.4 is 16.4 Å². The summed E-state index contributed by atoms with van der Waals surface area (Å²) in [5.41, 5.74) is 8.31. The number of piperidine rings is 1. The van der Waals surface area contributed by atoms with Gasteiger partial charge in [0, 0.05) is 25.3 Å². The molecule has 1 aliphatic carbocycles. The zero-order valence-corrected chi connectivity index (χ0v) is 22.7. The zero-order chi connectivity index (χ0) is 29.0. The van der Waals surface area contributed by atoms with Gasteiger partial charge in [0.05, 0.1) is 5.56 Å². The summed E-state index contributed by atoms with van der Waals surface area (Å²) in [6.07, 6.45) is 0.522. The van der Waals surface area contributed by atoms with Crippen LogP contribution in [-0.4, -0.2) is 60.1 Å². The highest BCUT2D eigenvalue weighted by atomic mass is 19.4. The number of nitrogens with zero attached hydrogens (tertiary/aromatic N) is 2. The smallest absolute Gasteiger partial charge is 0.383 e. The highest BCUT2D eigenvalue weighted by Gasteiger charge is 2.49. The summed E-state index contributed by atoms with van der Waals surface area (Å²) < 4.78 is 39.2. The number of alkyl halides is 3. The summed E-state index contributed by atoms with van der Waals surface area (Å²) in [7, 11) is 0. The third-order valence-electron chi connectivity index (χ3n) is 8.18. The zero-order valence-electron chi connectivity index (χ0n) is 22.7. The number of halogens is 3. The Kier molecular flexibility index (Phi) is 8.30. The molecule has 0 radical (unpaired) electrons. The van der Waals surface area contributed by atoms with E-state index >= 15 is 0 Å². The van der Waals surface area contributed by atoms with Gasteiger partial charge < -0.3 is 21.3 Å². The molecule has 1 aliphatic heterocycles. The summed E-state index contributed by atoms with van der Waals surface area (Å²) in [5, 5.41) is 5.24. The summed E-state index contributed by atoms with van der Waals surface area (Å²) in [4.78, 5) is 32.5. The van der Waals surface area contributed by atoms with Crippen molar-refractivity contribution in [3.05, 3.63) is 83.6 Å². The lowest BCUT2D eigenvalue weighted by molar-refractivity contribution is -0.141. The van der Waals surface area contributed by atoms with Crippen molar-refractivity contribution < 1.29 is 22.8 Å². The van der Waals surface area contributed by atoms with E-state index in [0.717, 1.165) is 61.2 Å². The molecule has 0 saturated carbocycles. The van der Waals surface area contributed by atoms with E-state index in [9.17, 15) is 22.8 Å². The van der Waals surface area contributed by atoms with Crippen molar-refractivity contribution in [2.45, 2.75) is 49.7 Å². The van der Waals surface area contributed by atoms with Crippen LogP contribution in [0.2, 0.25) is 0 Å². The highest BCUT2D eigenvalue weighted by Crippen LogP contribution is 2.51. The third-order valence-corrected chi connectivity index (χ3v) is 8.18. The van der Waals surface area contributed by atoms with Gasteiger partial charge >= 0.3 is 6.18 Å². The number of likely N-dealkylation sites (tertiary alicyclic amines) is 1. The molecule has 2 aliphatic rings. The normalized spacial score (nSPS) is 16.6. The Bertz CT molecular complexity index is 1360. The second-order valence-electron chi connectivity index (χ2n) is 10.8.